The van der Waals surface area contributed by atoms with E-state index in [4.69, 9.17) is 5.11 Å². The van der Waals surface area contributed by atoms with Crippen LogP contribution in [-0.4, -0.2) is 28.6 Å². The van der Waals surface area contributed by atoms with E-state index >= 15 is 0 Å². The summed E-state index contributed by atoms with van der Waals surface area (Å²) in [5.41, 5.74) is 1.22. The van der Waals surface area contributed by atoms with Crippen molar-refractivity contribution < 1.29 is 14.7 Å². The molecular formula is C15H23N3O3. The first kappa shape index (κ1) is 15.4. The topological polar surface area (TPSA) is 94.2 Å². The van der Waals surface area contributed by atoms with E-state index in [0.717, 1.165) is 19.3 Å². The summed E-state index contributed by atoms with van der Waals surface area (Å²) in [5, 5.41) is 14.6. The van der Waals surface area contributed by atoms with Gasteiger partial charge in [-0.25, -0.2) is 9.59 Å². The molecule has 0 aliphatic heterocycles. The summed E-state index contributed by atoms with van der Waals surface area (Å²) < 4.78 is 0. The van der Waals surface area contributed by atoms with Crippen LogP contribution in [0.25, 0.3) is 0 Å². The van der Waals surface area contributed by atoms with Gasteiger partial charge in [-0.15, -0.1) is 0 Å². The van der Waals surface area contributed by atoms with Crippen LogP contribution in [0.2, 0.25) is 0 Å². The molecule has 4 N–H and O–H groups in total. The Hall–Kier alpha value is -1.98. The number of carboxylic acid groups (broad SMARTS) is 1. The van der Waals surface area contributed by atoms with Crippen molar-refractivity contribution in [2.75, 3.05) is 11.9 Å². The third-order valence-electron chi connectivity index (χ3n) is 4.45. The molecule has 21 heavy (non-hydrogen) atoms. The summed E-state index contributed by atoms with van der Waals surface area (Å²) in [7, 11) is 0. The Morgan fingerprint density at radius 3 is 2.62 bits per heavy atom. The fourth-order valence-corrected chi connectivity index (χ4v) is 3.07. The van der Waals surface area contributed by atoms with Gasteiger partial charge in [0.1, 0.15) is 5.69 Å². The lowest BCUT2D eigenvalue weighted by Gasteiger charge is -2.27. The van der Waals surface area contributed by atoms with Crippen molar-refractivity contribution in [1.82, 2.24) is 10.3 Å². The van der Waals surface area contributed by atoms with E-state index in [1.54, 1.807) is 13.0 Å². The smallest absolute Gasteiger partial charge is 0.354 e. The van der Waals surface area contributed by atoms with Crippen LogP contribution < -0.4 is 10.6 Å². The summed E-state index contributed by atoms with van der Waals surface area (Å²) in [5.74, 6) is -1.08. The van der Waals surface area contributed by atoms with Gasteiger partial charge in [0.2, 0.25) is 0 Å². The average molecular weight is 293 g/mol. The second-order valence-corrected chi connectivity index (χ2v) is 5.91. The Bertz CT molecular complexity index is 530. The lowest BCUT2D eigenvalue weighted by atomic mass is 9.83. The number of aryl methyl sites for hydroxylation is 1. The van der Waals surface area contributed by atoms with Gasteiger partial charge in [0, 0.05) is 12.2 Å². The molecule has 0 aromatic carbocycles. The van der Waals surface area contributed by atoms with Crippen LogP contribution in [0.3, 0.4) is 0 Å². The Labute approximate surface area is 124 Å². The summed E-state index contributed by atoms with van der Waals surface area (Å²) >= 11 is 0. The molecule has 1 fully saturated rings. The molecule has 116 valence electrons. The van der Waals surface area contributed by atoms with Crippen molar-refractivity contribution in [3.05, 3.63) is 17.5 Å². The fourth-order valence-electron chi connectivity index (χ4n) is 3.07. The molecule has 0 saturated heterocycles. The van der Waals surface area contributed by atoms with Crippen molar-refractivity contribution in [3.8, 4) is 0 Å². The minimum Gasteiger partial charge on any atom is -0.477 e. The highest BCUT2D eigenvalue weighted by Gasteiger charge is 2.32. The van der Waals surface area contributed by atoms with Gasteiger partial charge in [0.15, 0.2) is 0 Å². The molecule has 1 aliphatic carbocycles. The molecule has 1 aromatic heterocycles. The molecule has 2 rings (SSSR count). The number of hydrogen-bond donors (Lipinski definition) is 4. The first-order valence-electron chi connectivity index (χ1n) is 7.43. The normalized spacial score (nSPS) is 16.7. The van der Waals surface area contributed by atoms with E-state index in [0.29, 0.717) is 17.9 Å². The minimum absolute atomic E-state index is 0.00808. The average Bonchev–Trinajstić information content (AvgIpc) is 3.04. The number of carbonyl (C=O) groups excluding carboxylic acids is 1. The van der Waals surface area contributed by atoms with E-state index in [1.165, 1.54) is 12.8 Å². The molecule has 1 heterocycles. The summed E-state index contributed by atoms with van der Waals surface area (Å²) in [6.07, 6.45) is 5.78. The number of anilines is 1. The van der Waals surface area contributed by atoms with Gasteiger partial charge in [-0.2, -0.15) is 0 Å². The Balaban J connectivity index is 1.94. The van der Waals surface area contributed by atoms with Gasteiger partial charge in [-0.05, 0) is 37.7 Å². The number of aromatic amines is 1. The summed E-state index contributed by atoms with van der Waals surface area (Å²) in [4.78, 5) is 25.8. The van der Waals surface area contributed by atoms with Gasteiger partial charge in [-0.1, -0.05) is 19.8 Å². The maximum absolute atomic E-state index is 12.0. The molecule has 0 unspecified atom stereocenters. The van der Waals surface area contributed by atoms with Gasteiger partial charge >= 0.3 is 12.0 Å². The highest BCUT2D eigenvalue weighted by molar-refractivity contribution is 5.99. The lowest BCUT2D eigenvalue weighted by Crippen LogP contribution is -2.38. The molecule has 1 aliphatic rings. The SMILES string of the molecule is CCC1(CNC(=O)Nc2cc(C)[nH]c2C(=O)O)CCCC1. The zero-order valence-corrected chi connectivity index (χ0v) is 12.6. The van der Waals surface area contributed by atoms with Crippen LogP contribution in [-0.2, 0) is 0 Å². The highest BCUT2D eigenvalue weighted by Crippen LogP contribution is 2.40. The number of aromatic nitrogens is 1. The number of carboxylic acids is 1. The maximum Gasteiger partial charge on any atom is 0.354 e. The Morgan fingerprint density at radius 1 is 1.38 bits per heavy atom. The molecule has 0 radical (unpaired) electrons. The zero-order chi connectivity index (χ0) is 15.5. The Morgan fingerprint density at radius 2 is 2.05 bits per heavy atom. The van der Waals surface area contributed by atoms with Crippen LogP contribution in [0, 0.1) is 12.3 Å². The molecule has 6 nitrogen and oxygen atoms in total. The highest BCUT2D eigenvalue weighted by atomic mass is 16.4. The predicted octanol–water partition coefficient (Wildman–Crippen LogP) is 3.11. The maximum atomic E-state index is 12.0. The van der Waals surface area contributed by atoms with Crippen LogP contribution in [0.15, 0.2) is 6.07 Å². The van der Waals surface area contributed by atoms with E-state index < -0.39 is 5.97 Å². The quantitative estimate of drug-likeness (QED) is 0.672. The number of rotatable bonds is 5. The standard InChI is InChI=1S/C15H23N3O3/c1-3-15(6-4-5-7-15)9-16-14(21)18-11-8-10(2)17-12(11)13(19)20/h8,17H,3-7,9H2,1-2H3,(H,19,20)(H2,16,18,21). The number of urea groups is 1. The number of H-pyrrole nitrogens is 1. The summed E-state index contributed by atoms with van der Waals surface area (Å²) in [6.45, 7) is 4.55. The molecule has 0 bridgehead atoms. The number of amides is 2. The second-order valence-electron chi connectivity index (χ2n) is 5.91. The van der Waals surface area contributed by atoms with Crippen LogP contribution in [0.1, 0.15) is 55.2 Å². The van der Waals surface area contributed by atoms with Gasteiger partial charge in [-0.3, -0.25) is 0 Å². The number of carbonyl (C=O) groups is 2. The zero-order valence-electron chi connectivity index (χ0n) is 12.6. The Kier molecular flexibility index (Phi) is 4.55. The first-order valence-corrected chi connectivity index (χ1v) is 7.43. The van der Waals surface area contributed by atoms with Crippen molar-refractivity contribution in [3.63, 3.8) is 0 Å². The first-order chi connectivity index (χ1) is 9.96. The number of aromatic carboxylic acids is 1. The van der Waals surface area contributed by atoms with Crippen molar-refractivity contribution in [2.45, 2.75) is 46.0 Å². The fraction of sp³-hybridized carbons (Fsp3) is 0.600. The molecule has 2 amide bonds. The van der Waals surface area contributed by atoms with E-state index in [-0.39, 0.29) is 17.1 Å². The predicted molar refractivity (Wildman–Crippen MR) is 80.7 cm³/mol. The van der Waals surface area contributed by atoms with Crippen LogP contribution >= 0.6 is 0 Å². The number of nitrogens with one attached hydrogen (secondary N) is 3. The lowest BCUT2D eigenvalue weighted by molar-refractivity contribution is 0.0692. The van der Waals surface area contributed by atoms with Crippen LogP contribution in [0.5, 0.6) is 0 Å². The molecule has 0 atom stereocenters. The molecule has 0 spiro atoms. The third-order valence-corrected chi connectivity index (χ3v) is 4.45. The molecule has 6 heteroatoms. The van der Waals surface area contributed by atoms with Crippen molar-refractivity contribution in [2.24, 2.45) is 5.41 Å². The molecule has 1 saturated carbocycles. The third kappa shape index (κ3) is 3.56. The molecule has 1 aromatic rings. The second kappa shape index (κ2) is 6.20. The van der Waals surface area contributed by atoms with Gasteiger partial charge < -0.3 is 20.7 Å². The van der Waals surface area contributed by atoms with Crippen molar-refractivity contribution in [1.29, 1.82) is 0 Å². The minimum atomic E-state index is -1.08. The van der Waals surface area contributed by atoms with Gasteiger partial charge in [0.25, 0.3) is 0 Å². The largest absolute Gasteiger partial charge is 0.477 e. The monoisotopic (exact) mass is 293 g/mol. The van der Waals surface area contributed by atoms with Crippen molar-refractivity contribution >= 4 is 17.7 Å². The summed E-state index contributed by atoms with van der Waals surface area (Å²) in [6, 6.07) is 1.27. The molecular weight excluding hydrogens is 270 g/mol. The van der Waals surface area contributed by atoms with Gasteiger partial charge in [0.05, 0.1) is 5.69 Å². The number of hydrogen-bond acceptors (Lipinski definition) is 2. The van der Waals surface area contributed by atoms with Crippen LogP contribution in [0.4, 0.5) is 10.5 Å². The van der Waals surface area contributed by atoms with E-state index in [9.17, 15) is 9.59 Å². The van der Waals surface area contributed by atoms with E-state index in [2.05, 4.69) is 22.5 Å². The van der Waals surface area contributed by atoms with E-state index in [1.807, 2.05) is 0 Å².